The van der Waals surface area contributed by atoms with E-state index in [1.165, 1.54) is 0 Å². The Balaban J connectivity index is 0.000000457. The molecule has 5 heteroatoms. The highest BCUT2D eigenvalue weighted by atomic mass is 19.1. The molecule has 0 saturated heterocycles. The van der Waals surface area contributed by atoms with Crippen LogP contribution in [0.1, 0.15) is 18.7 Å². The first-order valence-corrected chi connectivity index (χ1v) is 5.03. The molecule has 2 aromatic rings. The minimum Gasteiger partial charge on any atom is -0.319 e. The van der Waals surface area contributed by atoms with Crippen molar-refractivity contribution in [3.8, 4) is 0 Å². The van der Waals surface area contributed by atoms with Crippen LogP contribution in [0.5, 0.6) is 0 Å². The van der Waals surface area contributed by atoms with Crippen molar-refractivity contribution in [1.82, 2.24) is 15.0 Å². The number of nitrogens with two attached hydrogens (primary N) is 1. The fourth-order valence-corrected chi connectivity index (χ4v) is 1.46. The highest BCUT2D eigenvalue weighted by molar-refractivity contribution is 5.72. The Kier molecular flexibility index (Phi) is 2.78. The smallest absolute Gasteiger partial charge is 0.162 e. The first-order valence-electron chi connectivity index (χ1n) is 5.03. The molecule has 84 valence electrons. The van der Waals surface area contributed by atoms with Gasteiger partial charge in [0.2, 0.25) is 0 Å². The van der Waals surface area contributed by atoms with Gasteiger partial charge in [0.05, 0.1) is 12.7 Å². The first kappa shape index (κ1) is 10.9. The third kappa shape index (κ3) is 1.86. The van der Waals surface area contributed by atoms with E-state index < -0.39 is 0 Å². The van der Waals surface area contributed by atoms with Gasteiger partial charge in [0.15, 0.2) is 11.5 Å². The molecule has 2 N–H and O–H groups in total. The van der Waals surface area contributed by atoms with Crippen molar-refractivity contribution in [2.75, 3.05) is 7.18 Å². The van der Waals surface area contributed by atoms with Crippen LogP contribution < -0.4 is 5.73 Å². The quantitative estimate of drug-likeness (QED) is 0.792. The molecule has 0 amide bonds. The van der Waals surface area contributed by atoms with Gasteiger partial charge in [-0.05, 0) is 25.0 Å². The Morgan fingerprint density at radius 2 is 2.06 bits per heavy atom. The molecule has 1 saturated carbocycles. The van der Waals surface area contributed by atoms with Crippen molar-refractivity contribution < 1.29 is 4.39 Å². The number of nitrogens with zero attached hydrogens (tertiary/aromatic N) is 3. The predicted octanol–water partition coefficient (Wildman–Crippen LogP) is 1.56. The van der Waals surface area contributed by atoms with Gasteiger partial charge < -0.3 is 5.73 Å². The largest absolute Gasteiger partial charge is 0.319 e. The highest BCUT2D eigenvalue weighted by Gasteiger charge is 2.43. The van der Waals surface area contributed by atoms with Crippen molar-refractivity contribution in [2.45, 2.75) is 18.4 Å². The third-order valence-corrected chi connectivity index (χ3v) is 2.59. The fraction of sp³-hybridized carbons (Fsp3) is 0.364. The number of hydrogen-bond donors (Lipinski definition) is 1. The highest BCUT2D eigenvalue weighted by Crippen LogP contribution is 2.40. The van der Waals surface area contributed by atoms with Crippen LogP contribution in [0.15, 0.2) is 24.5 Å². The Morgan fingerprint density at radius 1 is 1.31 bits per heavy atom. The van der Waals surface area contributed by atoms with Crippen LogP contribution in [0.3, 0.4) is 0 Å². The summed E-state index contributed by atoms with van der Waals surface area (Å²) in [6.07, 6.45) is 5.48. The molecule has 1 fully saturated rings. The van der Waals surface area contributed by atoms with Crippen molar-refractivity contribution in [2.24, 2.45) is 5.73 Å². The zero-order valence-corrected chi connectivity index (χ0v) is 9.02. The predicted molar refractivity (Wildman–Crippen MR) is 59.5 cm³/mol. The van der Waals surface area contributed by atoms with Crippen molar-refractivity contribution in [1.29, 1.82) is 0 Å². The second-order valence-corrected chi connectivity index (χ2v) is 3.77. The van der Waals surface area contributed by atoms with Crippen molar-refractivity contribution in [3.05, 3.63) is 30.4 Å². The fourth-order valence-electron chi connectivity index (χ4n) is 1.46. The molecule has 3 rings (SSSR count). The van der Waals surface area contributed by atoms with E-state index in [0.717, 1.165) is 29.7 Å². The van der Waals surface area contributed by atoms with Crippen LogP contribution in [0.2, 0.25) is 0 Å². The van der Waals surface area contributed by atoms with Crippen LogP contribution in [0, 0.1) is 0 Å². The molecule has 4 nitrogen and oxygen atoms in total. The molecule has 0 aromatic carbocycles. The summed E-state index contributed by atoms with van der Waals surface area (Å²) < 4.78 is 9.50. The summed E-state index contributed by atoms with van der Waals surface area (Å²) in [5.74, 6) is 0.726. The van der Waals surface area contributed by atoms with Crippen LogP contribution in [-0.2, 0) is 5.54 Å². The molecule has 2 heterocycles. The molecule has 1 aliphatic rings. The van der Waals surface area contributed by atoms with E-state index in [1.807, 2.05) is 12.1 Å². The minimum absolute atomic E-state index is 0.272. The standard InChI is InChI=1S/C10H10N4.CH3F/c11-10(3-4-10)9-13-6-7-2-1-5-12-8(7)14-9;1-2/h1-2,5-6H,3-4,11H2;1H3. The van der Waals surface area contributed by atoms with Crippen LogP contribution in [0.4, 0.5) is 4.39 Å². The molecule has 0 unspecified atom stereocenters. The molecule has 0 radical (unpaired) electrons. The third-order valence-electron chi connectivity index (χ3n) is 2.59. The maximum atomic E-state index is 9.50. The molecular formula is C11H13FN4. The summed E-state index contributed by atoms with van der Waals surface area (Å²) in [5.41, 5.74) is 6.46. The normalized spacial score (nSPS) is 16.4. The van der Waals surface area contributed by atoms with Crippen LogP contribution in [-0.4, -0.2) is 22.1 Å². The van der Waals surface area contributed by atoms with Crippen molar-refractivity contribution in [3.63, 3.8) is 0 Å². The lowest BCUT2D eigenvalue weighted by molar-refractivity contribution is 0.636. The summed E-state index contributed by atoms with van der Waals surface area (Å²) in [7, 11) is 0.500. The van der Waals surface area contributed by atoms with E-state index in [-0.39, 0.29) is 5.54 Å². The molecular weight excluding hydrogens is 207 g/mol. The molecule has 16 heavy (non-hydrogen) atoms. The maximum absolute atomic E-state index is 9.50. The van der Waals surface area contributed by atoms with E-state index in [1.54, 1.807) is 12.4 Å². The first-order chi connectivity index (χ1) is 7.78. The van der Waals surface area contributed by atoms with Gasteiger partial charge in [-0.2, -0.15) is 0 Å². The number of rotatable bonds is 1. The number of alkyl halides is 1. The lowest BCUT2D eigenvalue weighted by Crippen LogP contribution is -2.22. The van der Waals surface area contributed by atoms with Gasteiger partial charge in [0.25, 0.3) is 0 Å². The molecule has 1 aliphatic carbocycles. The van der Waals surface area contributed by atoms with Crippen LogP contribution in [0.25, 0.3) is 11.0 Å². The zero-order chi connectivity index (χ0) is 11.6. The molecule has 0 atom stereocenters. The molecule has 0 spiro atoms. The van der Waals surface area contributed by atoms with Gasteiger partial charge in [-0.15, -0.1) is 0 Å². The number of pyridine rings is 1. The van der Waals surface area contributed by atoms with Gasteiger partial charge in [-0.3, -0.25) is 4.39 Å². The Hall–Kier alpha value is -1.62. The number of halogens is 1. The van der Waals surface area contributed by atoms with Gasteiger partial charge in [-0.25, -0.2) is 15.0 Å². The van der Waals surface area contributed by atoms with E-state index in [9.17, 15) is 4.39 Å². The maximum Gasteiger partial charge on any atom is 0.162 e. The van der Waals surface area contributed by atoms with Crippen molar-refractivity contribution >= 4 is 11.0 Å². The van der Waals surface area contributed by atoms with E-state index in [0.29, 0.717) is 7.18 Å². The van der Waals surface area contributed by atoms with Crippen LogP contribution >= 0.6 is 0 Å². The summed E-state index contributed by atoms with van der Waals surface area (Å²) in [5, 5.41) is 0.959. The Morgan fingerprint density at radius 3 is 2.75 bits per heavy atom. The second kappa shape index (κ2) is 4.09. The van der Waals surface area contributed by atoms with Gasteiger partial charge in [0.1, 0.15) is 0 Å². The minimum atomic E-state index is -0.272. The number of fused-ring (bicyclic) bond motifs is 1. The van der Waals surface area contributed by atoms with E-state index in [4.69, 9.17) is 5.73 Å². The summed E-state index contributed by atoms with van der Waals surface area (Å²) in [6, 6.07) is 3.82. The van der Waals surface area contributed by atoms with Gasteiger partial charge >= 0.3 is 0 Å². The SMILES string of the molecule is CF.NC1(c2ncc3cccnc3n2)CC1. The molecule has 2 aromatic heterocycles. The summed E-state index contributed by atoms with van der Waals surface area (Å²) in [6.45, 7) is 0. The lowest BCUT2D eigenvalue weighted by Gasteiger charge is -2.06. The van der Waals surface area contributed by atoms with E-state index in [2.05, 4.69) is 15.0 Å². The molecule has 0 bridgehead atoms. The zero-order valence-electron chi connectivity index (χ0n) is 9.02. The second-order valence-electron chi connectivity index (χ2n) is 3.77. The number of hydrogen-bond acceptors (Lipinski definition) is 4. The summed E-state index contributed by atoms with van der Waals surface area (Å²) in [4.78, 5) is 12.8. The Labute approximate surface area is 92.7 Å². The topological polar surface area (TPSA) is 64.7 Å². The Bertz CT molecular complexity index is 496. The summed E-state index contributed by atoms with van der Waals surface area (Å²) >= 11 is 0. The number of aromatic nitrogens is 3. The van der Waals surface area contributed by atoms with Gasteiger partial charge in [0, 0.05) is 17.8 Å². The van der Waals surface area contributed by atoms with Gasteiger partial charge in [-0.1, -0.05) is 0 Å². The monoisotopic (exact) mass is 220 g/mol. The molecule has 0 aliphatic heterocycles. The average Bonchev–Trinajstić information content (AvgIpc) is 3.11. The lowest BCUT2D eigenvalue weighted by atomic mass is 10.2. The van der Waals surface area contributed by atoms with E-state index >= 15 is 0 Å². The average molecular weight is 220 g/mol.